The van der Waals surface area contributed by atoms with E-state index >= 15 is 0 Å². The molecule has 0 saturated carbocycles. The lowest BCUT2D eigenvalue weighted by Gasteiger charge is -2.32. The third kappa shape index (κ3) is 5.74. The van der Waals surface area contributed by atoms with Crippen molar-refractivity contribution in [3.63, 3.8) is 0 Å². The number of anilines is 1. The van der Waals surface area contributed by atoms with E-state index < -0.39 is 27.7 Å². The van der Waals surface area contributed by atoms with Crippen LogP contribution in [0.25, 0.3) is 0 Å². The van der Waals surface area contributed by atoms with Crippen LogP contribution in [-0.2, 0) is 16.4 Å². The summed E-state index contributed by atoms with van der Waals surface area (Å²) in [6, 6.07) is 15.1. The molecule has 175 valence electrons. The summed E-state index contributed by atoms with van der Waals surface area (Å²) in [6.45, 7) is 5.90. The molecule has 3 rings (SSSR count). The summed E-state index contributed by atoms with van der Waals surface area (Å²) in [5.74, 6) is -1.17. The summed E-state index contributed by atoms with van der Waals surface area (Å²) in [7, 11) is -4.25. The van der Waals surface area contributed by atoms with Crippen LogP contribution in [0.1, 0.15) is 44.4 Å². The minimum absolute atomic E-state index is 0.0638. The molecule has 3 nitrogen and oxygen atoms in total. The molecule has 1 unspecified atom stereocenters. The van der Waals surface area contributed by atoms with Gasteiger partial charge in [-0.3, -0.25) is 4.31 Å². The SMILES string of the molecule is CCC(C)[CH]Cc1ccccc1[C@@H](C)N(c1cc(F)ccc1F)S(=O)(=O)c1ccc(Cl)cc1. The van der Waals surface area contributed by atoms with Crippen LogP contribution in [0, 0.1) is 24.0 Å². The van der Waals surface area contributed by atoms with Gasteiger partial charge in [-0.25, -0.2) is 17.2 Å². The normalized spacial score (nSPS) is 13.5. The Labute approximate surface area is 200 Å². The summed E-state index contributed by atoms with van der Waals surface area (Å²) in [6.07, 6.45) is 3.80. The van der Waals surface area contributed by atoms with Crippen molar-refractivity contribution in [2.45, 2.75) is 44.6 Å². The highest BCUT2D eigenvalue weighted by molar-refractivity contribution is 7.92. The second-order valence-corrected chi connectivity index (χ2v) is 10.3. The van der Waals surface area contributed by atoms with Gasteiger partial charge in [0.1, 0.15) is 11.6 Å². The van der Waals surface area contributed by atoms with Crippen LogP contribution >= 0.6 is 11.6 Å². The van der Waals surface area contributed by atoms with Gasteiger partial charge in [-0.1, -0.05) is 56.1 Å². The minimum atomic E-state index is -4.25. The first kappa shape index (κ1) is 25.2. The van der Waals surface area contributed by atoms with Crippen molar-refractivity contribution >= 4 is 27.3 Å². The molecule has 7 heteroatoms. The lowest BCUT2D eigenvalue weighted by molar-refractivity contribution is 0.569. The van der Waals surface area contributed by atoms with Gasteiger partial charge in [0.25, 0.3) is 10.0 Å². The molecule has 0 saturated heterocycles. The first-order valence-corrected chi connectivity index (χ1v) is 12.6. The molecular weight excluding hydrogens is 464 g/mol. The van der Waals surface area contributed by atoms with Gasteiger partial charge in [0.2, 0.25) is 0 Å². The Morgan fingerprint density at radius 3 is 2.33 bits per heavy atom. The van der Waals surface area contributed by atoms with E-state index in [2.05, 4.69) is 20.3 Å². The monoisotopic (exact) mass is 490 g/mol. The molecule has 33 heavy (non-hydrogen) atoms. The van der Waals surface area contributed by atoms with Gasteiger partial charge in [0, 0.05) is 11.1 Å². The Hall–Kier alpha value is -2.44. The van der Waals surface area contributed by atoms with Crippen molar-refractivity contribution < 1.29 is 17.2 Å². The summed E-state index contributed by atoms with van der Waals surface area (Å²) in [5, 5.41) is 0.372. The van der Waals surface area contributed by atoms with Crippen LogP contribution in [-0.4, -0.2) is 8.42 Å². The Kier molecular flexibility index (Phi) is 8.14. The lowest BCUT2D eigenvalue weighted by atomic mass is 9.93. The van der Waals surface area contributed by atoms with Crippen LogP contribution in [0.2, 0.25) is 5.02 Å². The Morgan fingerprint density at radius 1 is 1.00 bits per heavy atom. The summed E-state index contributed by atoms with van der Waals surface area (Å²) < 4.78 is 57.5. The molecule has 3 aromatic rings. The number of benzene rings is 3. The topological polar surface area (TPSA) is 37.4 Å². The molecule has 0 bridgehead atoms. The van der Waals surface area contributed by atoms with Crippen LogP contribution < -0.4 is 4.31 Å². The molecule has 0 aliphatic carbocycles. The minimum Gasteiger partial charge on any atom is -0.256 e. The van der Waals surface area contributed by atoms with Gasteiger partial charge in [-0.2, -0.15) is 0 Å². The number of halogens is 3. The summed E-state index contributed by atoms with van der Waals surface area (Å²) in [4.78, 5) is -0.0638. The molecule has 0 heterocycles. The Balaban J connectivity index is 2.15. The second kappa shape index (κ2) is 10.7. The third-order valence-corrected chi connectivity index (χ3v) is 7.91. The third-order valence-electron chi connectivity index (χ3n) is 5.76. The predicted molar refractivity (Wildman–Crippen MR) is 130 cm³/mol. The fraction of sp³-hybridized carbons (Fsp3) is 0.269. The predicted octanol–water partition coefficient (Wildman–Crippen LogP) is 7.37. The van der Waals surface area contributed by atoms with Crippen LogP contribution in [0.3, 0.4) is 0 Å². The molecule has 2 atom stereocenters. The smallest absolute Gasteiger partial charge is 0.256 e. The lowest BCUT2D eigenvalue weighted by Crippen LogP contribution is -2.35. The second-order valence-electron chi connectivity index (χ2n) is 8.05. The van der Waals surface area contributed by atoms with Gasteiger partial charge in [-0.15, -0.1) is 0 Å². The van der Waals surface area contributed by atoms with Gasteiger partial charge in [-0.05, 0) is 73.2 Å². The number of nitrogens with zero attached hydrogens (tertiary/aromatic N) is 1. The quantitative estimate of drug-likeness (QED) is 0.314. The summed E-state index contributed by atoms with van der Waals surface area (Å²) >= 11 is 5.93. The standard InChI is InChI=1S/C26H27ClF2NO2S/c1-4-18(2)9-10-20-7-5-6-8-24(20)19(3)30(26-17-22(28)13-16-25(26)29)33(31,32)23-14-11-21(27)12-15-23/h5-9,11-19H,4,10H2,1-3H3/t18?,19-/m1/s1. The zero-order valence-corrected chi connectivity index (χ0v) is 20.4. The molecule has 0 amide bonds. The van der Waals surface area contributed by atoms with Gasteiger partial charge in [0.05, 0.1) is 16.6 Å². The number of hydrogen-bond donors (Lipinski definition) is 0. The molecule has 1 radical (unpaired) electrons. The maximum Gasteiger partial charge on any atom is 0.264 e. The fourth-order valence-corrected chi connectivity index (χ4v) is 5.43. The van der Waals surface area contributed by atoms with Gasteiger partial charge < -0.3 is 0 Å². The molecule has 0 aliphatic heterocycles. The Morgan fingerprint density at radius 2 is 1.67 bits per heavy atom. The van der Waals surface area contributed by atoms with Crippen molar-refractivity contribution in [1.29, 1.82) is 0 Å². The van der Waals surface area contributed by atoms with Crippen LogP contribution in [0.5, 0.6) is 0 Å². The zero-order valence-electron chi connectivity index (χ0n) is 18.8. The first-order valence-electron chi connectivity index (χ1n) is 10.8. The van der Waals surface area contributed by atoms with E-state index in [0.29, 0.717) is 17.4 Å². The molecular formula is C26H27ClF2NO2S. The molecule has 0 N–H and O–H groups in total. The van der Waals surface area contributed by atoms with Crippen molar-refractivity contribution in [2.24, 2.45) is 5.92 Å². The first-order chi connectivity index (χ1) is 15.6. The molecule has 0 spiro atoms. The summed E-state index contributed by atoms with van der Waals surface area (Å²) in [5.41, 5.74) is 1.30. The number of rotatable bonds is 9. The van der Waals surface area contributed by atoms with E-state index in [1.807, 2.05) is 24.3 Å². The van der Waals surface area contributed by atoms with E-state index in [4.69, 9.17) is 11.6 Å². The van der Waals surface area contributed by atoms with Crippen LogP contribution in [0.4, 0.5) is 14.5 Å². The molecule has 3 aromatic carbocycles. The van der Waals surface area contributed by atoms with Crippen molar-refractivity contribution in [3.05, 3.63) is 101 Å². The van der Waals surface area contributed by atoms with E-state index in [1.54, 1.807) is 6.92 Å². The van der Waals surface area contributed by atoms with Crippen molar-refractivity contribution in [1.82, 2.24) is 0 Å². The average molecular weight is 491 g/mol. The van der Waals surface area contributed by atoms with E-state index in [9.17, 15) is 17.2 Å². The van der Waals surface area contributed by atoms with E-state index in [1.165, 1.54) is 24.3 Å². The van der Waals surface area contributed by atoms with Crippen LogP contribution in [0.15, 0.2) is 71.6 Å². The zero-order chi connectivity index (χ0) is 24.2. The van der Waals surface area contributed by atoms with E-state index in [0.717, 1.165) is 40.1 Å². The Bertz CT molecular complexity index is 1200. The highest BCUT2D eigenvalue weighted by atomic mass is 35.5. The van der Waals surface area contributed by atoms with Crippen molar-refractivity contribution in [2.75, 3.05) is 4.31 Å². The highest BCUT2D eigenvalue weighted by Gasteiger charge is 2.33. The number of sulfonamides is 1. The van der Waals surface area contributed by atoms with E-state index in [-0.39, 0.29) is 10.6 Å². The maximum atomic E-state index is 14.9. The van der Waals surface area contributed by atoms with Crippen molar-refractivity contribution in [3.8, 4) is 0 Å². The molecule has 0 fully saturated rings. The van der Waals surface area contributed by atoms with Gasteiger partial charge >= 0.3 is 0 Å². The average Bonchev–Trinajstić information content (AvgIpc) is 2.80. The number of hydrogen-bond acceptors (Lipinski definition) is 2. The van der Waals surface area contributed by atoms with Gasteiger partial charge in [0.15, 0.2) is 0 Å². The highest BCUT2D eigenvalue weighted by Crippen LogP contribution is 2.37. The molecule has 0 aromatic heterocycles. The maximum absolute atomic E-state index is 14.9. The molecule has 0 aliphatic rings. The largest absolute Gasteiger partial charge is 0.264 e. The fourth-order valence-electron chi connectivity index (χ4n) is 3.67.